The van der Waals surface area contributed by atoms with E-state index in [1.54, 1.807) is 0 Å². The molecule has 0 aliphatic rings. The third kappa shape index (κ3) is 7.02. The van der Waals surface area contributed by atoms with E-state index in [-0.39, 0.29) is 0 Å². The first-order valence-electron chi connectivity index (χ1n) is 1.98. The molecule has 0 aliphatic heterocycles. The van der Waals surface area contributed by atoms with Crippen LogP contribution in [-0.4, -0.2) is 24.4 Å². The maximum atomic E-state index is 11.0. The smallest absolute Gasteiger partial charge is 0.450 e. The van der Waals surface area contributed by atoms with E-state index in [9.17, 15) is 18.0 Å². The van der Waals surface area contributed by atoms with E-state index in [4.69, 9.17) is 5.11 Å². The molecule has 0 heterocycles. The zero-order chi connectivity index (χ0) is 8.20. The molecule has 0 aromatic rings. The van der Waals surface area contributed by atoms with Crippen LogP contribution in [0.25, 0.3) is 0 Å². The van der Waals surface area contributed by atoms with Crippen LogP contribution in [0.3, 0.4) is 0 Å². The zero-order valence-corrected chi connectivity index (χ0v) is 4.51. The predicted octanol–water partition coefficient (Wildman–Crippen LogP) is 1.17. The van der Waals surface area contributed by atoms with Gasteiger partial charge in [0.1, 0.15) is 0 Å². The Labute approximate surface area is 53.1 Å². The lowest BCUT2D eigenvalue weighted by Crippen LogP contribution is -2.17. The van der Waals surface area contributed by atoms with Crippen molar-refractivity contribution in [3.05, 3.63) is 0 Å². The lowest BCUT2D eigenvalue weighted by Gasteiger charge is -2.04. The van der Waals surface area contributed by atoms with Crippen LogP contribution in [-0.2, 0) is 9.47 Å². The van der Waals surface area contributed by atoms with Gasteiger partial charge in [-0.25, -0.2) is 4.79 Å². The van der Waals surface area contributed by atoms with E-state index in [1.807, 2.05) is 0 Å². The van der Waals surface area contributed by atoms with Crippen LogP contribution in [0.5, 0.6) is 0 Å². The summed E-state index contributed by atoms with van der Waals surface area (Å²) in [5.41, 5.74) is 0. The van der Waals surface area contributed by atoms with Crippen molar-refractivity contribution in [2.45, 2.75) is 6.36 Å². The Balaban J connectivity index is 3.29. The summed E-state index contributed by atoms with van der Waals surface area (Å²) in [5.74, 6) is 0. The molecule has 0 spiro atoms. The second-order valence-electron chi connectivity index (χ2n) is 1.12. The van der Waals surface area contributed by atoms with Crippen LogP contribution in [0.1, 0.15) is 0 Å². The quantitative estimate of drug-likeness (QED) is 0.486. The summed E-state index contributed by atoms with van der Waals surface area (Å²) in [4.78, 5) is 9.42. The molecule has 7 heteroatoms. The Morgan fingerprint density at radius 3 is 2.30 bits per heavy atom. The summed E-state index contributed by atoms with van der Waals surface area (Å²) in [6.45, 7) is -1.33. The van der Waals surface area contributed by atoms with Gasteiger partial charge in [-0.15, -0.1) is 13.2 Å². The molecule has 0 unspecified atom stereocenters. The summed E-state index contributed by atoms with van der Waals surface area (Å²) in [5, 5.41) is 7.64. The van der Waals surface area contributed by atoms with E-state index >= 15 is 0 Å². The summed E-state index contributed by atoms with van der Waals surface area (Å²) in [7, 11) is 0. The van der Waals surface area contributed by atoms with Crippen molar-refractivity contribution in [2.24, 2.45) is 0 Å². The minimum Gasteiger partial charge on any atom is -0.450 e. The van der Waals surface area contributed by atoms with Crippen molar-refractivity contribution in [2.75, 3.05) is 6.79 Å². The summed E-state index contributed by atoms with van der Waals surface area (Å²) >= 11 is 0. The van der Waals surface area contributed by atoms with Crippen LogP contribution in [0.4, 0.5) is 18.0 Å². The minimum atomic E-state index is -4.85. The van der Waals surface area contributed by atoms with Crippen LogP contribution in [0.2, 0.25) is 0 Å². The van der Waals surface area contributed by atoms with Crippen LogP contribution < -0.4 is 0 Å². The fourth-order valence-corrected chi connectivity index (χ4v) is 0.147. The van der Waals surface area contributed by atoms with E-state index in [2.05, 4.69) is 9.47 Å². The third-order valence-corrected chi connectivity index (χ3v) is 0.405. The van der Waals surface area contributed by atoms with E-state index in [0.29, 0.717) is 0 Å². The number of carboxylic acid groups (broad SMARTS) is 1. The predicted molar refractivity (Wildman–Crippen MR) is 21.1 cm³/mol. The molecule has 0 rings (SSSR count). The normalized spacial score (nSPS) is 11.1. The molecule has 4 nitrogen and oxygen atoms in total. The molecule has 0 amide bonds. The monoisotopic (exact) mass is 160 g/mol. The van der Waals surface area contributed by atoms with E-state index in [1.165, 1.54) is 0 Å². The molecule has 10 heavy (non-hydrogen) atoms. The molecule has 1 N–H and O–H groups in total. The molecule has 60 valence electrons. The molecule has 0 saturated heterocycles. The Hall–Kier alpha value is -0.980. The molecular weight excluding hydrogens is 157 g/mol. The van der Waals surface area contributed by atoms with Crippen LogP contribution >= 0.6 is 0 Å². The molecule has 0 saturated carbocycles. The van der Waals surface area contributed by atoms with Crippen molar-refractivity contribution >= 4 is 6.16 Å². The number of halogens is 3. The SMILES string of the molecule is O=C(O)OCOC(F)(F)F. The fraction of sp³-hybridized carbons (Fsp3) is 0.667. The van der Waals surface area contributed by atoms with Gasteiger partial charge in [0.25, 0.3) is 0 Å². The second-order valence-corrected chi connectivity index (χ2v) is 1.12. The Kier molecular flexibility index (Phi) is 2.94. The highest BCUT2D eigenvalue weighted by molar-refractivity contribution is 5.56. The Bertz CT molecular complexity index is 119. The summed E-state index contributed by atoms with van der Waals surface area (Å²) < 4.78 is 39.4. The first-order valence-corrected chi connectivity index (χ1v) is 1.98. The molecular formula is C3H3F3O4. The number of hydrogen-bond acceptors (Lipinski definition) is 3. The lowest BCUT2D eigenvalue weighted by molar-refractivity contribution is -0.344. The number of hydrogen-bond donors (Lipinski definition) is 1. The molecule has 0 aliphatic carbocycles. The van der Waals surface area contributed by atoms with Gasteiger partial charge >= 0.3 is 12.5 Å². The van der Waals surface area contributed by atoms with Gasteiger partial charge in [-0.1, -0.05) is 0 Å². The highest BCUT2D eigenvalue weighted by Gasteiger charge is 2.29. The molecule has 0 radical (unpaired) electrons. The average molecular weight is 160 g/mol. The number of ether oxygens (including phenoxy) is 2. The number of carbonyl (C=O) groups is 1. The van der Waals surface area contributed by atoms with Gasteiger partial charge in [-0.05, 0) is 0 Å². The number of rotatable bonds is 2. The largest absolute Gasteiger partial charge is 0.525 e. The Morgan fingerprint density at radius 1 is 1.50 bits per heavy atom. The van der Waals surface area contributed by atoms with Gasteiger partial charge < -0.3 is 9.84 Å². The van der Waals surface area contributed by atoms with Crippen LogP contribution in [0.15, 0.2) is 0 Å². The van der Waals surface area contributed by atoms with Crippen molar-refractivity contribution in [3.63, 3.8) is 0 Å². The summed E-state index contributed by atoms with van der Waals surface area (Å²) in [6.07, 6.45) is -6.67. The van der Waals surface area contributed by atoms with Gasteiger partial charge in [-0.2, -0.15) is 0 Å². The first-order chi connectivity index (χ1) is 4.42. The Morgan fingerprint density at radius 2 is 2.00 bits per heavy atom. The number of alkyl halides is 3. The highest BCUT2D eigenvalue weighted by Crippen LogP contribution is 2.15. The highest BCUT2D eigenvalue weighted by atomic mass is 19.4. The molecule has 0 fully saturated rings. The molecule has 0 aromatic carbocycles. The first kappa shape index (κ1) is 9.02. The van der Waals surface area contributed by atoms with E-state index < -0.39 is 19.3 Å². The van der Waals surface area contributed by atoms with E-state index in [0.717, 1.165) is 0 Å². The van der Waals surface area contributed by atoms with Crippen molar-refractivity contribution in [1.82, 2.24) is 0 Å². The van der Waals surface area contributed by atoms with Gasteiger partial charge in [0.15, 0.2) is 0 Å². The maximum absolute atomic E-state index is 11.0. The molecule has 0 aromatic heterocycles. The lowest BCUT2D eigenvalue weighted by atomic mass is 11.2. The maximum Gasteiger partial charge on any atom is 0.525 e. The zero-order valence-electron chi connectivity index (χ0n) is 4.51. The third-order valence-electron chi connectivity index (χ3n) is 0.405. The van der Waals surface area contributed by atoms with Gasteiger partial charge in [0.05, 0.1) is 0 Å². The van der Waals surface area contributed by atoms with Gasteiger partial charge in [0, 0.05) is 0 Å². The van der Waals surface area contributed by atoms with Gasteiger partial charge in [-0.3, -0.25) is 4.74 Å². The van der Waals surface area contributed by atoms with Crippen molar-refractivity contribution in [3.8, 4) is 0 Å². The van der Waals surface area contributed by atoms with Crippen LogP contribution in [0, 0.1) is 0 Å². The second kappa shape index (κ2) is 3.25. The molecule has 0 atom stereocenters. The van der Waals surface area contributed by atoms with Crippen molar-refractivity contribution in [1.29, 1.82) is 0 Å². The standard InChI is InChI=1S/C3H3F3O4/c4-3(5,6)10-1-9-2(7)8/h1H2,(H,7,8). The average Bonchev–Trinajstić information content (AvgIpc) is 1.59. The summed E-state index contributed by atoms with van der Waals surface area (Å²) in [6, 6.07) is 0. The topological polar surface area (TPSA) is 55.8 Å². The molecule has 0 bridgehead atoms. The minimum absolute atomic E-state index is 1.33. The van der Waals surface area contributed by atoms with Crippen molar-refractivity contribution < 1.29 is 32.5 Å². The van der Waals surface area contributed by atoms with Gasteiger partial charge in [0.2, 0.25) is 6.79 Å². The fourth-order valence-electron chi connectivity index (χ4n) is 0.147.